The van der Waals surface area contributed by atoms with Gasteiger partial charge in [-0.05, 0) is 6.42 Å². The summed E-state index contributed by atoms with van der Waals surface area (Å²) in [6, 6.07) is -0.327. The summed E-state index contributed by atoms with van der Waals surface area (Å²) in [7, 11) is 0. The van der Waals surface area contributed by atoms with Crippen LogP contribution in [0.25, 0.3) is 0 Å². The standard InChI is InChI=1S/C8H11NO2S2/c1-2-6(12)7(10)9-5-3-4-13-8(5)11/h2,5-6,12H,1,3-4H2,(H,9,10). The Labute approximate surface area is 86.7 Å². The van der Waals surface area contributed by atoms with Gasteiger partial charge in [0.1, 0.15) is 0 Å². The van der Waals surface area contributed by atoms with E-state index < -0.39 is 5.25 Å². The summed E-state index contributed by atoms with van der Waals surface area (Å²) in [4.78, 5) is 22.4. The third-order valence-electron chi connectivity index (χ3n) is 1.74. The van der Waals surface area contributed by atoms with E-state index in [4.69, 9.17) is 0 Å². The van der Waals surface area contributed by atoms with Crippen molar-refractivity contribution in [1.82, 2.24) is 5.32 Å². The molecular formula is C8H11NO2S2. The normalized spacial score (nSPS) is 24.1. The van der Waals surface area contributed by atoms with E-state index in [1.807, 2.05) is 0 Å². The summed E-state index contributed by atoms with van der Waals surface area (Å²) in [5.74, 6) is 0.536. The zero-order valence-corrected chi connectivity index (χ0v) is 8.74. The summed E-state index contributed by atoms with van der Waals surface area (Å²) in [5.41, 5.74) is 0. The minimum absolute atomic E-state index is 0.0398. The van der Waals surface area contributed by atoms with Gasteiger partial charge in [0.15, 0.2) is 0 Å². The van der Waals surface area contributed by atoms with Gasteiger partial charge in [-0.3, -0.25) is 9.59 Å². The van der Waals surface area contributed by atoms with Crippen LogP contribution in [0.1, 0.15) is 6.42 Å². The highest BCUT2D eigenvalue weighted by Gasteiger charge is 2.27. The molecule has 0 aromatic heterocycles. The lowest BCUT2D eigenvalue weighted by Crippen LogP contribution is -2.40. The molecule has 2 unspecified atom stereocenters. The van der Waals surface area contributed by atoms with Crippen LogP contribution in [0.2, 0.25) is 0 Å². The Morgan fingerprint density at radius 3 is 3.00 bits per heavy atom. The largest absolute Gasteiger partial charge is 0.344 e. The van der Waals surface area contributed by atoms with Gasteiger partial charge in [-0.2, -0.15) is 12.6 Å². The van der Waals surface area contributed by atoms with Gasteiger partial charge in [0.25, 0.3) is 0 Å². The van der Waals surface area contributed by atoms with Gasteiger partial charge < -0.3 is 5.32 Å². The number of hydrogen-bond donors (Lipinski definition) is 2. The fourth-order valence-electron chi connectivity index (χ4n) is 0.991. The van der Waals surface area contributed by atoms with Crippen molar-refractivity contribution in [2.75, 3.05) is 5.75 Å². The quantitative estimate of drug-likeness (QED) is 0.538. The highest BCUT2D eigenvalue weighted by Crippen LogP contribution is 2.19. The molecule has 0 radical (unpaired) electrons. The molecule has 5 heteroatoms. The summed E-state index contributed by atoms with van der Waals surface area (Å²) in [6.07, 6.45) is 2.15. The molecule has 0 saturated carbocycles. The van der Waals surface area contributed by atoms with Crippen molar-refractivity contribution in [2.45, 2.75) is 17.7 Å². The number of thiol groups is 1. The monoisotopic (exact) mass is 217 g/mol. The van der Waals surface area contributed by atoms with E-state index in [-0.39, 0.29) is 17.1 Å². The Kier molecular flexibility index (Phi) is 3.87. The van der Waals surface area contributed by atoms with E-state index in [0.29, 0.717) is 6.42 Å². The zero-order valence-electron chi connectivity index (χ0n) is 7.03. The fourth-order valence-corrected chi connectivity index (χ4v) is 2.00. The van der Waals surface area contributed by atoms with Gasteiger partial charge >= 0.3 is 0 Å². The Balaban J connectivity index is 2.44. The number of nitrogens with one attached hydrogen (secondary N) is 1. The molecule has 1 heterocycles. The second kappa shape index (κ2) is 4.72. The van der Waals surface area contributed by atoms with Crippen molar-refractivity contribution in [3.8, 4) is 0 Å². The van der Waals surface area contributed by atoms with Gasteiger partial charge in [0, 0.05) is 5.75 Å². The van der Waals surface area contributed by atoms with E-state index >= 15 is 0 Å². The molecule has 13 heavy (non-hydrogen) atoms. The predicted molar refractivity (Wildman–Crippen MR) is 57.0 cm³/mol. The van der Waals surface area contributed by atoms with Crippen LogP contribution in [0.4, 0.5) is 0 Å². The van der Waals surface area contributed by atoms with Gasteiger partial charge in [0.2, 0.25) is 11.0 Å². The molecule has 1 saturated heterocycles. The summed E-state index contributed by atoms with van der Waals surface area (Å²) >= 11 is 5.24. The average Bonchev–Trinajstić information content (AvgIpc) is 2.50. The van der Waals surface area contributed by atoms with Crippen LogP contribution in [-0.4, -0.2) is 28.1 Å². The summed E-state index contributed by atoms with van der Waals surface area (Å²) in [5, 5.41) is 2.13. The molecule has 0 aromatic rings. The third kappa shape index (κ3) is 2.77. The number of carbonyl (C=O) groups excluding carboxylic acids is 2. The van der Waals surface area contributed by atoms with Gasteiger partial charge in [-0.1, -0.05) is 17.8 Å². The number of amides is 1. The van der Waals surface area contributed by atoms with Gasteiger partial charge in [-0.25, -0.2) is 0 Å². The lowest BCUT2D eigenvalue weighted by atomic mass is 10.2. The van der Waals surface area contributed by atoms with Crippen molar-refractivity contribution >= 4 is 35.4 Å². The van der Waals surface area contributed by atoms with Crippen molar-refractivity contribution in [3.05, 3.63) is 12.7 Å². The van der Waals surface area contributed by atoms with Crippen LogP contribution < -0.4 is 5.32 Å². The molecule has 1 aliphatic heterocycles. The molecule has 2 atom stereocenters. The minimum atomic E-state index is -0.529. The SMILES string of the molecule is C=CC(S)C(=O)NC1CCSC1=O. The number of hydrogen-bond acceptors (Lipinski definition) is 4. The maximum atomic E-state index is 11.3. The first-order valence-corrected chi connectivity index (χ1v) is 5.43. The first kappa shape index (κ1) is 10.7. The second-order valence-corrected chi connectivity index (χ2v) is 4.35. The fraction of sp³-hybridized carbons (Fsp3) is 0.500. The van der Waals surface area contributed by atoms with Crippen molar-refractivity contribution in [2.24, 2.45) is 0 Å². The van der Waals surface area contributed by atoms with E-state index in [1.165, 1.54) is 17.8 Å². The first-order valence-electron chi connectivity index (χ1n) is 3.93. The maximum Gasteiger partial charge on any atom is 0.237 e. The van der Waals surface area contributed by atoms with Crippen LogP contribution in [-0.2, 0) is 9.59 Å². The Morgan fingerprint density at radius 2 is 2.54 bits per heavy atom. The van der Waals surface area contributed by atoms with Crippen LogP contribution in [0.3, 0.4) is 0 Å². The Morgan fingerprint density at radius 1 is 1.85 bits per heavy atom. The number of rotatable bonds is 3. The Bertz CT molecular complexity index is 242. The molecule has 1 fully saturated rings. The van der Waals surface area contributed by atoms with Crippen LogP contribution >= 0.6 is 24.4 Å². The van der Waals surface area contributed by atoms with E-state index in [2.05, 4.69) is 24.5 Å². The van der Waals surface area contributed by atoms with Crippen molar-refractivity contribution in [1.29, 1.82) is 0 Å². The van der Waals surface area contributed by atoms with Gasteiger partial charge in [0.05, 0.1) is 11.3 Å². The number of carbonyl (C=O) groups is 2. The van der Waals surface area contributed by atoms with Crippen molar-refractivity contribution in [3.63, 3.8) is 0 Å². The van der Waals surface area contributed by atoms with E-state index in [9.17, 15) is 9.59 Å². The molecule has 1 amide bonds. The second-order valence-electron chi connectivity index (χ2n) is 2.70. The van der Waals surface area contributed by atoms with Crippen LogP contribution in [0, 0.1) is 0 Å². The molecule has 0 spiro atoms. The molecule has 1 N–H and O–H groups in total. The molecule has 0 aliphatic carbocycles. The third-order valence-corrected chi connectivity index (χ3v) is 3.20. The van der Waals surface area contributed by atoms with E-state index in [0.717, 1.165) is 5.75 Å². The minimum Gasteiger partial charge on any atom is -0.344 e. The molecule has 0 bridgehead atoms. The van der Waals surface area contributed by atoms with Crippen molar-refractivity contribution < 1.29 is 9.59 Å². The summed E-state index contributed by atoms with van der Waals surface area (Å²) < 4.78 is 0. The van der Waals surface area contributed by atoms with Crippen LogP contribution in [0.5, 0.6) is 0 Å². The highest BCUT2D eigenvalue weighted by atomic mass is 32.2. The van der Waals surface area contributed by atoms with E-state index in [1.54, 1.807) is 0 Å². The molecular weight excluding hydrogens is 206 g/mol. The van der Waals surface area contributed by atoms with Crippen LogP contribution in [0.15, 0.2) is 12.7 Å². The molecule has 3 nitrogen and oxygen atoms in total. The first-order chi connectivity index (χ1) is 6.15. The summed E-state index contributed by atoms with van der Waals surface area (Å²) in [6.45, 7) is 3.45. The predicted octanol–water partition coefficient (Wildman–Crippen LogP) is 0.619. The lowest BCUT2D eigenvalue weighted by Gasteiger charge is -2.11. The Hall–Kier alpha value is -0.420. The van der Waals surface area contributed by atoms with Gasteiger partial charge in [-0.15, -0.1) is 6.58 Å². The number of thioether (sulfide) groups is 1. The smallest absolute Gasteiger partial charge is 0.237 e. The maximum absolute atomic E-state index is 11.3. The molecule has 0 aromatic carbocycles. The molecule has 72 valence electrons. The molecule has 1 rings (SSSR count). The lowest BCUT2D eigenvalue weighted by molar-refractivity contribution is -0.123. The molecule has 1 aliphatic rings. The highest BCUT2D eigenvalue weighted by molar-refractivity contribution is 8.14. The zero-order chi connectivity index (χ0) is 9.84. The topological polar surface area (TPSA) is 46.2 Å². The average molecular weight is 217 g/mol.